The molecule has 0 heterocycles. The number of hydrogen-bond donors (Lipinski definition) is 0. The summed E-state index contributed by atoms with van der Waals surface area (Å²) in [7, 11) is 0. The number of fused-ring (bicyclic) bond motifs is 5. The molecule has 0 aromatic rings. The Labute approximate surface area is 120 Å². The van der Waals surface area contributed by atoms with Gasteiger partial charge in [-0.15, -0.1) is 0 Å². The zero-order valence-corrected chi connectivity index (χ0v) is 12.5. The van der Waals surface area contributed by atoms with Gasteiger partial charge in [-0.3, -0.25) is 4.79 Å². The molecule has 0 unspecified atom stereocenters. The molecule has 3 heteroatoms. The number of carbonyl (C=O) groups excluding carboxylic acids is 2. The first-order valence-electron chi connectivity index (χ1n) is 8.13. The van der Waals surface area contributed by atoms with Crippen molar-refractivity contribution in [2.75, 3.05) is 6.61 Å². The van der Waals surface area contributed by atoms with Gasteiger partial charge >= 0.3 is 5.97 Å². The molecule has 3 rings (SSSR count). The van der Waals surface area contributed by atoms with E-state index in [1.54, 1.807) is 0 Å². The average molecular weight is 276 g/mol. The van der Waals surface area contributed by atoms with Gasteiger partial charge in [0, 0.05) is 23.0 Å². The third-order valence-electron chi connectivity index (χ3n) is 5.45. The maximum atomic E-state index is 12.7. The van der Waals surface area contributed by atoms with Crippen molar-refractivity contribution in [2.45, 2.75) is 52.4 Å². The van der Waals surface area contributed by atoms with Crippen LogP contribution in [0.15, 0.2) is 11.1 Å². The van der Waals surface area contributed by atoms with E-state index in [0.29, 0.717) is 18.4 Å². The third kappa shape index (κ3) is 1.94. The van der Waals surface area contributed by atoms with Gasteiger partial charge in [0.15, 0.2) is 5.78 Å². The second-order valence-corrected chi connectivity index (χ2v) is 6.47. The van der Waals surface area contributed by atoms with Crippen LogP contribution < -0.4 is 0 Å². The van der Waals surface area contributed by atoms with Crippen molar-refractivity contribution >= 4 is 11.8 Å². The third-order valence-corrected chi connectivity index (χ3v) is 5.45. The minimum absolute atomic E-state index is 0.111. The number of ether oxygens (including phenoxy) is 1. The summed E-state index contributed by atoms with van der Waals surface area (Å²) in [6.07, 6.45) is 6.30. The van der Waals surface area contributed by atoms with Crippen molar-refractivity contribution in [2.24, 2.45) is 23.7 Å². The van der Waals surface area contributed by atoms with Gasteiger partial charge in [-0.25, -0.2) is 4.79 Å². The van der Waals surface area contributed by atoms with E-state index in [-0.39, 0.29) is 23.6 Å². The molecule has 3 aliphatic rings. The number of esters is 1. The van der Waals surface area contributed by atoms with Crippen molar-refractivity contribution in [3.05, 3.63) is 11.1 Å². The molecule has 3 nitrogen and oxygen atoms in total. The molecule has 0 aromatic heterocycles. The zero-order chi connectivity index (χ0) is 14.3. The molecule has 0 spiro atoms. The normalized spacial score (nSPS) is 34.8. The number of hydrogen-bond acceptors (Lipinski definition) is 3. The summed E-state index contributed by atoms with van der Waals surface area (Å²) >= 11 is 0. The number of unbranched alkanes of at least 4 members (excludes halogenated alkanes) is 1. The van der Waals surface area contributed by atoms with Crippen LogP contribution in [0.3, 0.4) is 0 Å². The van der Waals surface area contributed by atoms with Gasteiger partial charge in [0.1, 0.15) is 0 Å². The summed E-state index contributed by atoms with van der Waals surface area (Å²) in [4.78, 5) is 25.1. The van der Waals surface area contributed by atoms with Crippen molar-refractivity contribution in [3.63, 3.8) is 0 Å². The Morgan fingerprint density at radius 1 is 1.20 bits per heavy atom. The molecule has 0 aliphatic heterocycles. The summed E-state index contributed by atoms with van der Waals surface area (Å²) in [6.45, 7) is 4.34. The summed E-state index contributed by atoms with van der Waals surface area (Å²) in [5.41, 5.74) is 1.58. The van der Waals surface area contributed by atoms with Gasteiger partial charge in [0.25, 0.3) is 0 Å². The molecule has 0 aromatic carbocycles. The second kappa shape index (κ2) is 5.34. The highest BCUT2D eigenvalue weighted by Gasteiger charge is 2.58. The van der Waals surface area contributed by atoms with Crippen LogP contribution in [0.1, 0.15) is 52.4 Å². The first-order valence-corrected chi connectivity index (χ1v) is 8.13. The zero-order valence-electron chi connectivity index (χ0n) is 12.5. The lowest BCUT2D eigenvalue weighted by Crippen LogP contribution is -2.26. The predicted molar refractivity (Wildman–Crippen MR) is 76.0 cm³/mol. The van der Waals surface area contributed by atoms with Gasteiger partial charge in [-0.2, -0.15) is 0 Å². The molecule has 0 radical (unpaired) electrons. The van der Waals surface area contributed by atoms with Crippen LogP contribution in [-0.4, -0.2) is 18.4 Å². The van der Waals surface area contributed by atoms with Crippen LogP contribution in [0.5, 0.6) is 0 Å². The predicted octanol–water partition coefficient (Wildman–Crippen LogP) is 3.28. The minimum Gasteiger partial charge on any atom is -0.463 e. The molecule has 2 fully saturated rings. The monoisotopic (exact) mass is 276 g/mol. The minimum atomic E-state index is -0.216. The largest absolute Gasteiger partial charge is 0.463 e. The van der Waals surface area contributed by atoms with Crippen LogP contribution in [-0.2, 0) is 14.3 Å². The molecular weight excluding hydrogens is 252 g/mol. The topological polar surface area (TPSA) is 43.4 Å². The quantitative estimate of drug-likeness (QED) is 0.724. The average Bonchev–Trinajstić information content (AvgIpc) is 3.09. The highest BCUT2D eigenvalue weighted by Crippen LogP contribution is 2.59. The first-order chi connectivity index (χ1) is 9.69. The second-order valence-electron chi connectivity index (χ2n) is 6.47. The van der Waals surface area contributed by atoms with Crippen molar-refractivity contribution in [1.82, 2.24) is 0 Å². The van der Waals surface area contributed by atoms with E-state index in [4.69, 9.17) is 4.74 Å². The Kier molecular flexibility index (Phi) is 3.70. The molecule has 110 valence electrons. The van der Waals surface area contributed by atoms with Crippen LogP contribution in [0.2, 0.25) is 0 Å². The Balaban J connectivity index is 1.94. The fourth-order valence-electron chi connectivity index (χ4n) is 4.70. The van der Waals surface area contributed by atoms with E-state index in [1.165, 1.54) is 12.8 Å². The van der Waals surface area contributed by atoms with E-state index < -0.39 is 0 Å². The fraction of sp³-hybridized carbons (Fsp3) is 0.765. The van der Waals surface area contributed by atoms with Crippen LogP contribution in [0.4, 0.5) is 0 Å². The Morgan fingerprint density at radius 3 is 2.55 bits per heavy atom. The van der Waals surface area contributed by atoms with Crippen LogP contribution in [0.25, 0.3) is 0 Å². The molecule has 20 heavy (non-hydrogen) atoms. The van der Waals surface area contributed by atoms with Crippen molar-refractivity contribution < 1.29 is 14.3 Å². The molecule has 2 bridgehead atoms. The Morgan fingerprint density at radius 2 is 1.90 bits per heavy atom. The standard InChI is InChI=1S/C17H24O3/c1-3-5-6-12-15(17(19)20-4-2)13-10-7-8-11(9-10)14(13)16(12)18/h10-11,13-14H,3-9H2,1-2H3/t10-,11+,13+,14-/m1/s1. The summed E-state index contributed by atoms with van der Waals surface area (Å²) in [5, 5.41) is 0. The number of allylic oxidation sites excluding steroid dienone is 1. The van der Waals surface area contributed by atoms with Crippen LogP contribution in [0, 0.1) is 23.7 Å². The molecule has 0 N–H and O–H groups in total. The van der Waals surface area contributed by atoms with E-state index in [9.17, 15) is 9.59 Å². The highest BCUT2D eigenvalue weighted by atomic mass is 16.5. The smallest absolute Gasteiger partial charge is 0.334 e. The van der Waals surface area contributed by atoms with Gasteiger partial charge in [-0.1, -0.05) is 13.3 Å². The van der Waals surface area contributed by atoms with E-state index in [0.717, 1.165) is 36.8 Å². The highest BCUT2D eigenvalue weighted by molar-refractivity contribution is 6.10. The Hall–Kier alpha value is -1.12. The molecular formula is C17H24O3. The summed E-state index contributed by atoms with van der Waals surface area (Å²) in [6, 6.07) is 0. The first kappa shape index (κ1) is 13.8. The maximum absolute atomic E-state index is 12.7. The Bertz CT molecular complexity index is 463. The lowest BCUT2D eigenvalue weighted by Gasteiger charge is -2.25. The molecule has 2 saturated carbocycles. The maximum Gasteiger partial charge on any atom is 0.334 e. The summed E-state index contributed by atoms with van der Waals surface area (Å²) in [5.74, 6) is 1.44. The number of carbonyl (C=O) groups is 2. The van der Waals surface area contributed by atoms with E-state index in [2.05, 4.69) is 6.92 Å². The number of rotatable bonds is 5. The van der Waals surface area contributed by atoms with Gasteiger partial charge < -0.3 is 4.74 Å². The number of Topliss-reactive ketones (excluding diaryl/α,β-unsaturated/α-hetero) is 1. The molecule has 0 amide bonds. The van der Waals surface area contributed by atoms with Gasteiger partial charge in [-0.05, 0) is 50.9 Å². The van der Waals surface area contributed by atoms with Crippen molar-refractivity contribution in [3.8, 4) is 0 Å². The van der Waals surface area contributed by atoms with E-state index in [1.807, 2.05) is 6.92 Å². The van der Waals surface area contributed by atoms with E-state index >= 15 is 0 Å². The van der Waals surface area contributed by atoms with Gasteiger partial charge in [0.2, 0.25) is 0 Å². The van der Waals surface area contributed by atoms with Crippen LogP contribution >= 0.6 is 0 Å². The number of ketones is 1. The lowest BCUT2D eigenvalue weighted by atomic mass is 9.78. The van der Waals surface area contributed by atoms with Gasteiger partial charge in [0.05, 0.1) is 6.61 Å². The molecule has 0 saturated heterocycles. The SMILES string of the molecule is CCCCC1=C(C(=O)OCC)[C@H]2[C@@H]3CC[C@@H](C3)[C@H]2C1=O. The fourth-order valence-corrected chi connectivity index (χ4v) is 4.70. The molecule has 3 aliphatic carbocycles. The summed E-state index contributed by atoms with van der Waals surface area (Å²) < 4.78 is 5.25. The van der Waals surface area contributed by atoms with Crippen molar-refractivity contribution in [1.29, 1.82) is 0 Å². The molecule has 4 atom stereocenters. The lowest BCUT2D eigenvalue weighted by molar-refractivity contribution is -0.139.